The zero-order valence-electron chi connectivity index (χ0n) is 12.8. The zero-order chi connectivity index (χ0) is 15.8. The summed E-state index contributed by atoms with van der Waals surface area (Å²) >= 11 is 0. The Kier molecular flexibility index (Phi) is 5.77. The van der Waals surface area contributed by atoms with Crippen LogP contribution in [0.15, 0.2) is 42.6 Å². The molecule has 0 unspecified atom stereocenters. The summed E-state index contributed by atoms with van der Waals surface area (Å²) in [5.41, 5.74) is 2.00. The molecule has 0 spiro atoms. The van der Waals surface area contributed by atoms with Crippen molar-refractivity contribution in [2.45, 2.75) is 19.9 Å². The van der Waals surface area contributed by atoms with Crippen LogP contribution in [0, 0.1) is 0 Å². The number of benzene rings is 1. The van der Waals surface area contributed by atoms with Crippen LogP contribution in [0.1, 0.15) is 18.1 Å². The van der Waals surface area contributed by atoms with Crippen LogP contribution in [0.3, 0.4) is 0 Å². The highest BCUT2D eigenvalue weighted by Gasteiger charge is 2.07. The van der Waals surface area contributed by atoms with Gasteiger partial charge in [-0.3, -0.25) is 4.79 Å². The Bertz CT molecular complexity index is 629. The van der Waals surface area contributed by atoms with Gasteiger partial charge in [0.15, 0.2) is 6.61 Å². The first-order valence-corrected chi connectivity index (χ1v) is 7.19. The molecule has 5 nitrogen and oxygen atoms in total. The van der Waals surface area contributed by atoms with Crippen LogP contribution in [0.4, 0.5) is 0 Å². The van der Waals surface area contributed by atoms with E-state index in [9.17, 15) is 4.79 Å². The molecule has 0 saturated carbocycles. The first kappa shape index (κ1) is 15.8. The standard InChI is InChI=1S/C17H20N2O3/c1-3-13-6-4-8-15(10-13)22-12-16(20)19-11-14-7-5-9-18-17(14)21-2/h4-10H,3,11-12H2,1-2H3,(H,19,20). The van der Waals surface area contributed by atoms with Crippen molar-refractivity contribution in [2.24, 2.45) is 0 Å². The van der Waals surface area contributed by atoms with Crippen LogP contribution in [-0.4, -0.2) is 24.6 Å². The molecule has 2 aromatic rings. The van der Waals surface area contributed by atoms with Crippen LogP contribution < -0.4 is 14.8 Å². The van der Waals surface area contributed by atoms with E-state index in [1.165, 1.54) is 5.56 Å². The largest absolute Gasteiger partial charge is 0.484 e. The van der Waals surface area contributed by atoms with Gasteiger partial charge in [-0.1, -0.05) is 25.1 Å². The highest BCUT2D eigenvalue weighted by atomic mass is 16.5. The normalized spacial score (nSPS) is 10.1. The number of aromatic nitrogens is 1. The number of nitrogens with zero attached hydrogens (tertiary/aromatic N) is 1. The van der Waals surface area contributed by atoms with Crippen molar-refractivity contribution >= 4 is 5.91 Å². The van der Waals surface area contributed by atoms with Crippen LogP contribution in [-0.2, 0) is 17.8 Å². The second-order valence-corrected chi connectivity index (χ2v) is 4.74. The Morgan fingerprint density at radius 2 is 2.14 bits per heavy atom. The molecule has 1 aromatic carbocycles. The summed E-state index contributed by atoms with van der Waals surface area (Å²) in [4.78, 5) is 15.9. The van der Waals surface area contributed by atoms with Crippen molar-refractivity contribution < 1.29 is 14.3 Å². The Morgan fingerprint density at radius 1 is 1.27 bits per heavy atom. The molecule has 1 heterocycles. The minimum atomic E-state index is -0.187. The molecule has 0 radical (unpaired) electrons. The van der Waals surface area contributed by atoms with Crippen molar-refractivity contribution in [2.75, 3.05) is 13.7 Å². The summed E-state index contributed by atoms with van der Waals surface area (Å²) in [5.74, 6) is 1.03. The molecule has 116 valence electrons. The van der Waals surface area contributed by atoms with E-state index in [2.05, 4.69) is 17.2 Å². The summed E-state index contributed by atoms with van der Waals surface area (Å²) in [6.45, 7) is 2.41. The van der Waals surface area contributed by atoms with Gasteiger partial charge in [-0.15, -0.1) is 0 Å². The van der Waals surface area contributed by atoms with Crippen molar-refractivity contribution in [3.8, 4) is 11.6 Å². The number of hydrogen-bond acceptors (Lipinski definition) is 4. The van der Waals surface area contributed by atoms with Crippen LogP contribution in [0.5, 0.6) is 11.6 Å². The number of rotatable bonds is 7. The fraction of sp³-hybridized carbons (Fsp3) is 0.294. The Balaban J connectivity index is 1.83. The molecular weight excluding hydrogens is 280 g/mol. The second-order valence-electron chi connectivity index (χ2n) is 4.74. The monoisotopic (exact) mass is 300 g/mol. The minimum Gasteiger partial charge on any atom is -0.484 e. The molecule has 0 saturated heterocycles. The summed E-state index contributed by atoms with van der Waals surface area (Å²) < 4.78 is 10.6. The van der Waals surface area contributed by atoms with E-state index in [4.69, 9.17) is 9.47 Å². The molecule has 0 aliphatic rings. The molecule has 0 atom stereocenters. The maximum Gasteiger partial charge on any atom is 0.258 e. The van der Waals surface area contributed by atoms with Gasteiger partial charge in [0.1, 0.15) is 5.75 Å². The molecular formula is C17H20N2O3. The third-order valence-corrected chi connectivity index (χ3v) is 3.20. The van der Waals surface area contributed by atoms with Gasteiger partial charge in [-0.25, -0.2) is 4.98 Å². The lowest BCUT2D eigenvalue weighted by atomic mass is 10.2. The van der Waals surface area contributed by atoms with Crippen LogP contribution >= 0.6 is 0 Å². The van der Waals surface area contributed by atoms with E-state index in [1.807, 2.05) is 30.3 Å². The fourth-order valence-corrected chi connectivity index (χ4v) is 1.99. The first-order valence-electron chi connectivity index (χ1n) is 7.19. The van der Waals surface area contributed by atoms with Gasteiger partial charge in [0, 0.05) is 18.3 Å². The van der Waals surface area contributed by atoms with Crippen molar-refractivity contribution in [1.82, 2.24) is 10.3 Å². The van der Waals surface area contributed by atoms with E-state index in [-0.39, 0.29) is 12.5 Å². The quantitative estimate of drug-likeness (QED) is 0.852. The number of amides is 1. The molecule has 5 heteroatoms. The topological polar surface area (TPSA) is 60.5 Å². The lowest BCUT2D eigenvalue weighted by Gasteiger charge is -2.10. The van der Waals surface area contributed by atoms with Gasteiger partial charge in [-0.05, 0) is 30.2 Å². The number of carbonyl (C=O) groups excluding carboxylic acids is 1. The lowest BCUT2D eigenvalue weighted by molar-refractivity contribution is -0.123. The molecule has 0 aliphatic heterocycles. The molecule has 1 N–H and O–H groups in total. The number of methoxy groups -OCH3 is 1. The van der Waals surface area contributed by atoms with Crippen LogP contribution in [0.25, 0.3) is 0 Å². The highest BCUT2D eigenvalue weighted by molar-refractivity contribution is 5.77. The van der Waals surface area contributed by atoms with Gasteiger partial charge in [0.25, 0.3) is 5.91 Å². The SMILES string of the molecule is CCc1cccc(OCC(=O)NCc2cccnc2OC)c1. The molecule has 1 aromatic heterocycles. The first-order chi connectivity index (χ1) is 10.7. The number of hydrogen-bond donors (Lipinski definition) is 1. The number of aryl methyl sites for hydroxylation is 1. The Morgan fingerprint density at radius 3 is 2.91 bits per heavy atom. The molecule has 0 aliphatic carbocycles. The number of ether oxygens (including phenoxy) is 2. The third-order valence-electron chi connectivity index (χ3n) is 3.20. The van der Waals surface area contributed by atoms with Crippen molar-refractivity contribution in [3.05, 3.63) is 53.7 Å². The third kappa shape index (κ3) is 4.48. The molecule has 0 bridgehead atoms. The van der Waals surface area contributed by atoms with Gasteiger partial charge >= 0.3 is 0 Å². The summed E-state index contributed by atoms with van der Waals surface area (Å²) in [7, 11) is 1.55. The summed E-state index contributed by atoms with van der Waals surface area (Å²) in [6, 6.07) is 11.4. The van der Waals surface area contributed by atoms with Gasteiger partial charge in [0.05, 0.1) is 7.11 Å². The van der Waals surface area contributed by atoms with E-state index in [0.29, 0.717) is 18.2 Å². The predicted octanol–water partition coefficient (Wildman–Crippen LogP) is 2.35. The van der Waals surface area contributed by atoms with E-state index < -0.39 is 0 Å². The zero-order valence-corrected chi connectivity index (χ0v) is 12.8. The number of carbonyl (C=O) groups is 1. The van der Waals surface area contributed by atoms with Crippen molar-refractivity contribution in [3.63, 3.8) is 0 Å². The van der Waals surface area contributed by atoms with Gasteiger partial charge in [-0.2, -0.15) is 0 Å². The number of pyridine rings is 1. The smallest absolute Gasteiger partial charge is 0.258 e. The maximum atomic E-state index is 11.8. The van der Waals surface area contributed by atoms with Gasteiger partial charge in [0.2, 0.25) is 5.88 Å². The van der Waals surface area contributed by atoms with Crippen molar-refractivity contribution in [1.29, 1.82) is 0 Å². The minimum absolute atomic E-state index is 0.0181. The van der Waals surface area contributed by atoms with E-state index >= 15 is 0 Å². The van der Waals surface area contributed by atoms with Gasteiger partial charge < -0.3 is 14.8 Å². The number of nitrogens with one attached hydrogen (secondary N) is 1. The highest BCUT2D eigenvalue weighted by Crippen LogP contribution is 2.14. The maximum absolute atomic E-state index is 11.8. The predicted molar refractivity (Wildman–Crippen MR) is 84.0 cm³/mol. The Labute approximate surface area is 130 Å². The summed E-state index contributed by atoms with van der Waals surface area (Å²) in [6.07, 6.45) is 2.58. The lowest BCUT2D eigenvalue weighted by Crippen LogP contribution is -2.28. The van der Waals surface area contributed by atoms with Crippen LogP contribution in [0.2, 0.25) is 0 Å². The average molecular weight is 300 g/mol. The molecule has 2 rings (SSSR count). The fourth-order valence-electron chi connectivity index (χ4n) is 1.99. The molecule has 1 amide bonds. The van der Waals surface area contributed by atoms with E-state index in [0.717, 1.165) is 12.0 Å². The molecule has 0 fully saturated rings. The molecule has 22 heavy (non-hydrogen) atoms. The second kappa shape index (κ2) is 8.02. The Hall–Kier alpha value is -2.56. The van der Waals surface area contributed by atoms with E-state index in [1.54, 1.807) is 19.4 Å². The summed E-state index contributed by atoms with van der Waals surface area (Å²) in [5, 5.41) is 2.79. The average Bonchev–Trinajstić information content (AvgIpc) is 2.58.